The van der Waals surface area contributed by atoms with Crippen molar-refractivity contribution in [2.75, 3.05) is 0 Å². The molecule has 0 fully saturated rings. The van der Waals surface area contributed by atoms with Crippen LogP contribution in [0.25, 0.3) is 0 Å². The first-order chi connectivity index (χ1) is 7.90. The Labute approximate surface area is 102 Å². The summed E-state index contributed by atoms with van der Waals surface area (Å²) in [5.41, 5.74) is 2.30. The largest absolute Gasteiger partial charge is 0.507 e. The second kappa shape index (κ2) is 5.13. The van der Waals surface area contributed by atoms with Crippen LogP contribution in [0, 0.1) is 0 Å². The lowest BCUT2D eigenvalue weighted by Gasteiger charge is -2.18. The molecule has 0 unspecified atom stereocenters. The molecule has 0 saturated heterocycles. The van der Waals surface area contributed by atoms with Gasteiger partial charge in [0.25, 0.3) is 0 Å². The number of ketones is 2. The maximum absolute atomic E-state index is 11.8. The van der Waals surface area contributed by atoms with E-state index in [0.29, 0.717) is 24.0 Å². The summed E-state index contributed by atoms with van der Waals surface area (Å²) in [4.78, 5) is 23.4. The minimum Gasteiger partial charge on any atom is -0.507 e. The van der Waals surface area contributed by atoms with E-state index in [1.54, 1.807) is 0 Å². The van der Waals surface area contributed by atoms with Crippen LogP contribution in [-0.2, 0) is 9.59 Å². The summed E-state index contributed by atoms with van der Waals surface area (Å²) in [6, 6.07) is 0. The van der Waals surface area contributed by atoms with Crippen LogP contribution in [0.15, 0.2) is 34.1 Å². The lowest BCUT2D eigenvalue weighted by Crippen LogP contribution is -2.24. The Bertz CT molecular complexity index is 458. The molecule has 92 valence electrons. The molecule has 0 heterocycles. The molecule has 3 nitrogen and oxygen atoms in total. The minimum absolute atomic E-state index is 0.0241. The van der Waals surface area contributed by atoms with Crippen molar-refractivity contribution in [3.63, 3.8) is 0 Å². The Kier molecular flexibility index (Phi) is 4.05. The van der Waals surface area contributed by atoms with Gasteiger partial charge in [-0.15, -0.1) is 0 Å². The molecule has 0 atom stereocenters. The van der Waals surface area contributed by atoms with Crippen molar-refractivity contribution in [1.29, 1.82) is 0 Å². The van der Waals surface area contributed by atoms with E-state index in [1.165, 1.54) is 6.92 Å². The highest BCUT2D eigenvalue weighted by molar-refractivity contribution is 6.50. The molecule has 0 spiro atoms. The SMILES string of the molecule is CCC1=C(CC=C(C)C)C(O)=C(C)C(=O)C1=O. The van der Waals surface area contributed by atoms with Crippen molar-refractivity contribution < 1.29 is 14.7 Å². The first-order valence-corrected chi connectivity index (χ1v) is 5.74. The van der Waals surface area contributed by atoms with E-state index in [-0.39, 0.29) is 11.3 Å². The van der Waals surface area contributed by atoms with E-state index in [4.69, 9.17) is 0 Å². The van der Waals surface area contributed by atoms with Crippen LogP contribution in [0.3, 0.4) is 0 Å². The van der Waals surface area contributed by atoms with E-state index in [2.05, 4.69) is 0 Å². The van der Waals surface area contributed by atoms with Gasteiger partial charge in [0.05, 0.1) is 0 Å². The first-order valence-electron chi connectivity index (χ1n) is 5.74. The van der Waals surface area contributed by atoms with Crippen molar-refractivity contribution in [1.82, 2.24) is 0 Å². The lowest BCUT2D eigenvalue weighted by atomic mass is 9.86. The number of allylic oxidation sites excluding steroid dienone is 5. The average molecular weight is 234 g/mol. The molecule has 0 aromatic rings. The van der Waals surface area contributed by atoms with Crippen molar-refractivity contribution in [3.05, 3.63) is 34.1 Å². The summed E-state index contributed by atoms with van der Waals surface area (Å²) in [6.07, 6.45) is 2.90. The normalized spacial score (nSPS) is 16.7. The lowest BCUT2D eigenvalue weighted by molar-refractivity contribution is -0.132. The summed E-state index contributed by atoms with van der Waals surface area (Å²) in [5.74, 6) is -1.08. The van der Waals surface area contributed by atoms with Crippen molar-refractivity contribution in [3.8, 4) is 0 Å². The molecule has 1 aliphatic rings. The fraction of sp³-hybridized carbons (Fsp3) is 0.429. The molecule has 0 amide bonds. The van der Waals surface area contributed by atoms with Gasteiger partial charge in [-0.05, 0) is 33.6 Å². The van der Waals surface area contributed by atoms with Crippen molar-refractivity contribution in [2.24, 2.45) is 0 Å². The number of hydrogen-bond donors (Lipinski definition) is 1. The number of carbonyl (C=O) groups is 2. The fourth-order valence-electron chi connectivity index (χ4n) is 1.82. The van der Waals surface area contributed by atoms with E-state index in [0.717, 1.165) is 5.57 Å². The number of rotatable bonds is 3. The zero-order valence-electron chi connectivity index (χ0n) is 10.8. The molecular formula is C14H18O3. The van der Waals surface area contributed by atoms with E-state index in [9.17, 15) is 14.7 Å². The van der Waals surface area contributed by atoms with Crippen LogP contribution in [0.2, 0.25) is 0 Å². The third-order valence-corrected chi connectivity index (χ3v) is 2.89. The third kappa shape index (κ3) is 2.54. The van der Waals surface area contributed by atoms with Gasteiger partial charge in [-0.2, -0.15) is 0 Å². The smallest absolute Gasteiger partial charge is 0.232 e. The third-order valence-electron chi connectivity index (χ3n) is 2.89. The van der Waals surface area contributed by atoms with E-state index < -0.39 is 11.6 Å². The molecule has 0 bridgehead atoms. The molecule has 17 heavy (non-hydrogen) atoms. The van der Waals surface area contributed by atoms with Crippen molar-refractivity contribution in [2.45, 2.75) is 40.5 Å². The Morgan fingerprint density at radius 3 is 2.24 bits per heavy atom. The highest BCUT2D eigenvalue weighted by Crippen LogP contribution is 2.29. The highest BCUT2D eigenvalue weighted by Gasteiger charge is 2.30. The zero-order chi connectivity index (χ0) is 13.2. The molecule has 1 rings (SSSR count). The number of aliphatic hydroxyl groups excluding tert-OH is 1. The molecular weight excluding hydrogens is 216 g/mol. The average Bonchev–Trinajstić information content (AvgIpc) is 2.29. The van der Waals surface area contributed by atoms with Gasteiger partial charge in [0.2, 0.25) is 11.6 Å². The van der Waals surface area contributed by atoms with Crippen LogP contribution in [0.5, 0.6) is 0 Å². The quantitative estimate of drug-likeness (QED) is 0.464. The summed E-state index contributed by atoms with van der Waals surface area (Å²) in [5, 5.41) is 9.96. The molecule has 0 aromatic carbocycles. The van der Waals surface area contributed by atoms with Gasteiger partial charge in [-0.1, -0.05) is 18.6 Å². The molecule has 0 aliphatic heterocycles. The standard InChI is InChI=1S/C14H18O3/c1-5-10-11(7-6-8(2)3)12(15)9(4)13(16)14(10)17/h6,15H,5,7H2,1-4H3. The Morgan fingerprint density at radius 2 is 1.76 bits per heavy atom. The van der Waals surface area contributed by atoms with Gasteiger partial charge in [0.15, 0.2) is 0 Å². The number of carbonyl (C=O) groups excluding carboxylic acids is 2. The topological polar surface area (TPSA) is 54.4 Å². The Hall–Kier alpha value is -1.64. The number of aliphatic hydroxyl groups is 1. The van der Waals surface area contributed by atoms with Crippen LogP contribution in [0.4, 0.5) is 0 Å². The van der Waals surface area contributed by atoms with Crippen molar-refractivity contribution >= 4 is 11.6 Å². The summed E-state index contributed by atoms with van der Waals surface area (Å²) >= 11 is 0. The molecule has 0 aromatic heterocycles. The van der Waals surface area contributed by atoms with Crippen LogP contribution >= 0.6 is 0 Å². The summed E-state index contributed by atoms with van der Waals surface area (Å²) in [7, 11) is 0. The summed E-state index contributed by atoms with van der Waals surface area (Å²) < 4.78 is 0. The Morgan fingerprint density at radius 1 is 1.18 bits per heavy atom. The predicted molar refractivity (Wildman–Crippen MR) is 66.7 cm³/mol. The predicted octanol–water partition coefficient (Wildman–Crippen LogP) is 3.03. The van der Waals surface area contributed by atoms with Gasteiger partial charge in [-0.3, -0.25) is 9.59 Å². The first kappa shape index (κ1) is 13.4. The summed E-state index contributed by atoms with van der Waals surface area (Å²) in [6.45, 7) is 7.21. The molecule has 1 N–H and O–H groups in total. The maximum Gasteiger partial charge on any atom is 0.232 e. The van der Waals surface area contributed by atoms with E-state index >= 15 is 0 Å². The van der Waals surface area contributed by atoms with Gasteiger partial charge in [0.1, 0.15) is 5.76 Å². The highest BCUT2D eigenvalue weighted by atomic mass is 16.3. The van der Waals surface area contributed by atoms with Gasteiger partial charge >= 0.3 is 0 Å². The fourth-order valence-corrected chi connectivity index (χ4v) is 1.82. The second-order valence-corrected chi connectivity index (χ2v) is 4.43. The van der Waals surface area contributed by atoms with Crippen LogP contribution in [-0.4, -0.2) is 16.7 Å². The Balaban J connectivity index is 3.28. The molecule has 1 aliphatic carbocycles. The molecule has 3 heteroatoms. The monoisotopic (exact) mass is 234 g/mol. The zero-order valence-corrected chi connectivity index (χ0v) is 10.8. The number of hydrogen-bond acceptors (Lipinski definition) is 3. The van der Waals surface area contributed by atoms with Gasteiger partial charge in [-0.25, -0.2) is 0 Å². The van der Waals surface area contributed by atoms with Gasteiger partial charge in [0, 0.05) is 16.7 Å². The maximum atomic E-state index is 11.8. The molecule has 0 saturated carbocycles. The van der Waals surface area contributed by atoms with Crippen LogP contribution < -0.4 is 0 Å². The molecule has 0 radical (unpaired) electrons. The van der Waals surface area contributed by atoms with E-state index in [1.807, 2.05) is 26.8 Å². The number of Topliss-reactive ketones (excluding diaryl/α,β-unsaturated/α-hetero) is 2. The van der Waals surface area contributed by atoms with Gasteiger partial charge < -0.3 is 5.11 Å². The second-order valence-electron chi connectivity index (χ2n) is 4.43. The minimum atomic E-state index is -0.583. The van der Waals surface area contributed by atoms with Crippen LogP contribution in [0.1, 0.15) is 40.5 Å².